The van der Waals surface area contributed by atoms with Gasteiger partial charge in [-0.25, -0.2) is 0 Å². The van der Waals surface area contributed by atoms with Gasteiger partial charge in [-0.15, -0.1) is 28.8 Å². The normalized spacial score (nSPS) is 11.9. The molecule has 0 fully saturated rings. The van der Waals surface area contributed by atoms with Crippen molar-refractivity contribution in [1.82, 2.24) is 0 Å². The Morgan fingerprint density at radius 2 is 1.08 bits per heavy atom. The van der Waals surface area contributed by atoms with Gasteiger partial charge in [0.25, 0.3) is 0 Å². The van der Waals surface area contributed by atoms with E-state index in [0.717, 1.165) is 6.42 Å². The Hall–Kier alpha value is -1.28. The van der Waals surface area contributed by atoms with Crippen LogP contribution in [0, 0.1) is 6.07 Å². The Balaban J connectivity index is 0.00000152. The predicted octanol–water partition coefficient (Wildman–Crippen LogP) is 2.99. The molecule has 4 aromatic rings. The van der Waals surface area contributed by atoms with Gasteiger partial charge in [0.05, 0.1) is 0 Å². The monoisotopic (exact) mass is 677 g/mol. The average molecular weight is 681 g/mol. The van der Waals surface area contributed by atoms with E-state index >= 15 is 0 Å². The van der Waals surface area contributed by atoms with Crippen molar-refractivity contribution in [3.05, 3.63) is 107 Å². The summed E-state index contributed by atoms with van der Waals surface area (Å²) in [5.41, 5.74) is 13.5. The predicted molar refractivity (Wildman–Crippen MR) is 142 cm³/mol. The van der Waals surface area contributed by atoms with Crippen molar-refractivity contribution in [3.8, 4) is 33.4 Å². The smallest absolute Gasteiger partial charge is 1.00 e. The summed E-state index contributed by atoms with van der Waals surface area (Å²) in [6.07, 6.45) is 0.944. The first-order valence-corrected chi connectivity index (χ1v) is 12.0. The maximum Gasteiger partial charge on any atom is 3.00 e. The number of hydrogen-bond acceptors (Lipinski definition) is 0. The minimum atomic E-state index is 0. The molecule has 4 aromatic carbocycles. The van der Waals surface area contributed by atoms with Gasteiger partial charge in [0.2, 0.25) is 0 Å². The van der Waals surface area contributed by atoms with Crippen LogP contribution in [0.1, 0.15) is 63.8 Å². The fourth-order valence-corrected chi connectivity index (χ4v) is 5.10. The number of fused-ring (bicyclic) bond motifs is 3. The molecule has 0 nitrogen and oxygen atoms in total. The van der Waals surface area contributed by atoms with Crippen molar-refractivity contribution < 1.29 is 60.2 Å². The topological polar surface area (TPSA) is 0 Å². The van der Waals surface area contributed by atoms with Crippen molar-refractivity contribution in [1.29, 1.82) is 0 Å². The van der Waals surface area contributed by atoms with Crippen LogP contribution in [0.25, 0.3) is 33.4 Å². The molecule has 1 aliphatic rings. The van der Waals surface area contributed by atoms with Crippen LogP contribution in [-0.4, -0.2) is 0 Å². The van der Waals surface area contributed by atoms with Crippen LogP contribution in [0.3, 0.4) is 0 Å². The summed E-state index contributed by atoms with van der Waals surface area (Å²) >= 11 is 0. The summed E-state index contributed by atoms with van der Waals surface area (Å²) in [6.45, 7) is 13.9. The summed E-state index contributed by atoms with van der Waals surface area (Å²) in [5, 5.41) is 0. The van der Waals surface area contributed by atoms with Crippen LogP contribution in [0.2, 0.25) is 0 Å². The third-order valence-electron chi connectivity index (χ3n) is 6.82. The molecule has 0 unspecified atom stereocenters. The van der Waals surface area contributed by atoms with Crippen molar-refractivity contribution in [2.75, 3.05) is 0 Å². The van der Waals surface area contributed by atoms with E-state index in [1.165, 1.54) is 55.6 Å². The number of rotatable bonds is 2. The molecule has 0 spiro atoms. The molecule has 0 aromatic heterocycles. The second-order valence-electron chi connectivity index (χ2n) is 11.4. The summed E-state index contributed by atoms with van der Waals surface area (Å²) < 4.78 is 0. The molecule has 0 amide bonds. The van der Waals surface area contributed by atoms with Crippen LogP contribution in [0.15, 0.2) is 78.9 Å². The Labute approximate surface area is 257 Å². The van der Waals surface area contributed by atoms with Crippen LogP contribution in [0.4, 0.5) is 0 Å². The Morgan fingerprint density at radius 1 is 0.583 bits per heavy atom. The van der Waals surface area contributed by atoms with Gasteiger partial charge in [0.15, 0.2) is 0 Å². The molecule has 0 saturated heterocycles. The molecule has 0 heterocycles. The summed E-state index contributed by atoms with van der Waals surface area (Å²) in [6, 6.07) is 32.8. The molecule has 0 atom stereocenters. The van der Waals surface area contributed by atoms with Crippen molar-refractivity contribution >= 4 is 0 Å². The second-order valence-corrected chi connectivity index (χ2v) is 11.4. The van der Waals surface area contributed by atoms with Gasteiger partial charge < -0.3 is 34.0 Å². The van der Waals surface area contributed by atoms with Crippen molar-refractivity contribution in [2.24, 2.45) is 0 Å². The standard InChI is InChI=1S/C33H33.2BrH.Zr/c1-32(2,3)30-20-26-24(18-28(30)22-13-9-7-10-14-22)17-25-19-29(23-15-11-8-12-16-23)31(21-27(25)26)33(4,5)6;;;/h7-16,18,20-21H,17H2,1-6H3;2*1H;/q-1;;;+3/p-2. The quantitative estimate of drug-likeness (QED) is 0.252. The molecule has 0 bridgehead atoms. The van der Waals surface area contributed by atoms with Gasteiger partial charge in [0, 0.05) is 0 Å². The largest absolute Gasteiger partial charge is 3.00 e. The third kappa shape index (κ3) is 5.90. The number of halogens is 2. The summed E-state index contributed by atoms with van der Waals surface area (Å²) in [7, 11) is 0. The number of hydrogen-bond donors (Lipinski definition) is 0. The third-order valence-corrected chi connectivity index (χ3v) is 6.82. The molecule has 1 aliphatic carbocycles. The van der Waals surface area contributed by atoms with Crippen LogP contribution < -0.4 is 34.0 Å². The van der Waals surface area contributed by atoms with E-state index in [2.05, 4.69) is 126 Å². The first-order chi connectivity index (χ1) is 15.6. The molecular formula is C33H33Br2Zr. The van der Waals surface area contributed by atoms with Crippen LogP contribution >= 0.6 is 0 Å². The summed E-state index contributed by atoms with van der Waals surface area (Å²) in [4.78, 5) is 0. The van der Waals surface area contributed by atoms with Gasteiger partial charge in [-0.2, -0.15) is 0 Å². The molecule has 5 rings (SSSR count). The first kappa shape index (κ1) is 30.9. The van der Waals surface area contributed by atoms with Crippen LogP contribution in [0.5, 0.6) is 0 Å². The zero-order chi connectivity index (χ0) is 23.4. The molecule has 0 N–H and O–H groups in total. The second kappa shape index (κ2) is 11.6. The number of benzene rings is 4. The van der Waals surface area contributed by atoms with E-state index in [0.29, 0.717) is 0 Å². The molecule has 183 valence electrons. The Morgan fingerprint density at radius 3 is 1.61 bits per heavy atom. The zero-order valence-corrected chi connectivity index (χ0v) is 27.6. The Bertz CT molecular complexity index is 1220. The molecule has 1 radical (unpaired) electrons. The van der Waals surface area contributed by atoms with Gasteiger partial charge in [-0.3, -0.25) is 0 Å². The fourth-order valence-electron chi connectivity index (χ4n) is 5.10. The molecular weight excluding hydrogens is 647 g/mol. The Kier molecular flexibility index (Phi) is 10.00. The maximum atomic E-state index is 3.88. The minimum Gasteiger partial charge on any atom is -1.00 e. The SMILES string of the molecule is CC(C)(C)c1cc2c([c-]c1-c1ccccc1)Cc1cc(-c3ccccc3)c(C(C)(C)C)cc1-2.[Br-].[Br-].[Zr+3]. The molecule has 36 heavy (non-hydrogen) atoms. The summed E-state index contributed by atoms with van der Waals surface area (Å²) in [5.74, 6) is 0. The van der Waals surface area contributed by atoms with E-state index in [9.17, 15) is 0 Å². The van der Waals surface area contributed by atoms with Gasteiger partial charge in [-0.1, -0.05) is 131 Å². The van der Waals surface area contributed by atoms with Crippen LogP contribution in [-0.2, 0) is 43.5 Å². The fraction of sp³-hybridized carbons (Fsp3) is 0.273. The van der Waals surface area contributed by atoms with Gasteiger partial charge in [-0.05, 0) is 39.5 Å². The maximum absolute atomic E-state index is 3.88. The van der Waals surface area contributed by atoms with E-state index in [4.69, 9.17) is 0 Å². The molecule has 0 aliphatic heterocycles. The van der Waals surface area contributed by atoms with E-state index < -0.39 is 0 Å². The van der Waals surface area contributed by atoms with E-state index in [-0.39, 0.29) is 71.0 Å². The van der Waals surface area contributed by atoms with E-state index in [1.807, 2.05) is 0 Å². The van der Waals surface area contributed by atoms with Gasteiger partial charge in [0.1, 0.15) is 0 Å². The first-order valence-electron chi connectivity index (χ1n) is 12.0. The van der Waals surface area contributed by atoms with E-state index in [1.54, 1.807) is 0 Å². The minimum absolute atomic E-state index is 0. The van der Waals surface area contributed by atoms with Gasteiger partial charge >= 0.3 is 26.2 Å². The zero-order valence-electron chi connectivity index (χ0n) is 22.0. The molecule has 3 heteroatoms. The van der Waals surface area contributed by atoms with Crippen molar-refractivity contribution in [2.45, 2.75) is 58.8 Å². The van der Waals surface area contributed by atoms with Crippen molar-refractivity contribution in [3.63, 3.8) is 0 Å². The average Bonchev–Trinajstić information content (AvgIpc) is 3.14. The molecule has 0 saturated carbocycles.